The Hall–Kier alpha value is -2.76. The lowest BCUT2D eigenvalue weighted by Crippen LogP contribution is -2.13. The van der Waals surface area contributed by atoms with E-state index in [0.717, 1.165) is 29.4 Å². The average molecular weight is 337 g/mol. The molecule has 1 fully saturated rings. The summed E-state index contributed by atoms with van der Waals surface area (Å²) in [6.07, 6.45) is 7.06. The molecule has 0 bridgehead atoms. The van der Waals surface area contributed by atoms with Gasteiger partial charge in [0.05, 0.1) is 16.9 Å². The van der Waals surface area contributed by atoms with E-state index in [9.17, 15) is 9.59 Å². The molecule has 1 aromatic carbocycles. The summed E-state index contributed by atoms with van der Waals surface area (Å²) < 4.78 is 7.78. The molecule has 0 amide bonds. The lowest BCUT2D eigenvalue weighted by molar-refractivity contribution is 0.413. The van der Waals surface area contributed by atoms with Crippen LogP contribution in [0, 0.1) is 0 Å². The van der Waals surface area contributed by atoms with Crippen LogP contribution in [0.2, 0.25) is 0 Å². The van der Waals surface area contributed by atoms with Crippen LogP contribution >= 0.6 is 0 Å². The van der Waals surface area contributed by atoms with E-state index in [0.29, 0.717) is 22.6 Å². The summed E-state index contributed by atoms with van der Waals surface area (Å²) in [6.45, 7) is 0. The monoisotopic (exact) mass is 337 g/mol. The zero-order valence-electron chi connectivity index (χ0n) is 13.8. The molecular weight excluding hydrogens is 318 g/mol. The summed E-state index contributed by atoms with van der Waals surface area (Å²) >= 11 is 0. The molecule has 5 rings (SSSR count). The number of H-pyrrole nitrogens is 2. The second-order valence-electron chi connectivity index (χ2n) is 6.99. The Morgan fingerprint density at radius 1 is 0.960 bits per heavy atom. The van der Waals surface area contributed by atoms with Gasteiger partial charge in [0.25, 0.3) is 5.56 Å². The van der Waals surface area contributed by atoms with E-state index in [1.54, 1.807) is 12.1 Å². The number of aromatic amines is 2. The highest BCUT2D eigenvalue weighted by Crippen LogP contribution is 2.31. The second-order valence-corrected chi connectivity index (χ2v) is 6.99. The van der Waals surface area contributed by atoms with Gasteiger partial charge in [-0.25, -0.2) is 0 Å². The standard InChI is InChI=1S/C19H19N3O3/c23-12-7-8-13-15(9-12)25-16-10-14-18(20-17(13)16)22(21-19(14)24)11-5-3-1-2-4-6-11/h7-11,20H,1-6H2,(H,21,24). The van der Waals surface area contributed by atoms with Crippen LogP contribution in [0.25, 0.3) is 33.1 Å². The molecule has 1 aliphatic carbocycles. The SMILES string of the molecule is O=c1ccc2c(c1)oc1cc3c(=O)[nH]n(C4CCCCCC4)c3[nH]c12. The fourth-order valence-corrected chi connectivity index (χ4v) is 4.09. The lowest BCUT2D eigenvalue weighted by atomic mass is 10.1. The Kier molecular flexibility index (Phi) is 3.13. The molecule has 1 aliphatic rings. The van der Waals surface area contributed by atoms with Crippen LogP contribution in [-0.4, -0.2) is 14.8 Å². The number of benzene rings is 1. The Labute approximate surface area is 142 Å². The molecular formula is C19H19N3O3. The minimum Gasteiger partial charge on any atom is -0.454 e. The van der Waals surface area contributed by atoms with E-state index in [4.69, 9.17) is 4.42 Å². The molecule has 0 atom stereocenters. The first-order valence-corrected chi connectivity index (χ1v) is 8.90. The van der Waals surface area contributed by atoms with E-state index in [-0.39, 0.29) is 11.0 Å². The minimum absolute atomic E-state index is 0.0862. The van der Waals surface area contributed by atoms with Gasteiger partial charge >= 0.3 is 0 Å². The summed E-state index contributed by atoms with van der Waals surface area (Å²) in [7, 11) is 0. The van der Waals surface area contributed by atoms with E-state index < -0.39 is 0 Å². The third kappa shape index (κ3) is 2.24. The highest BCUT2D eigenvalue weighted by atomic mass is 16.3. The number of hydrogen-bond donors (Lipinski definition) is 2. The van der Waals surface area contributed by atoms with Crippen LogP contribution in [-0.2, 0) is 0 Å². The van der Waals surface area contributed by atoms with Crippen LogP contribution in [0.3, 0.4) is 0 Å². The number of nitrogens with one attached hydrogen (secondary N) is 2. The summed E-state index contributed by atoms with van der Waals surface area (Å²) in [5.74, 6) is 0. The van der Waals surface area contributed by atoms with Crippen molar-refractivity contribution in [2.75, 3.05) is 0 Å². The number of furan rings is 1. The second kappa shape index (κ2) is 5.37. The Bertz CT molecular complexity index is 1200. The fraction of sp³-hybridized carbons (Fsp3) is 0.368. The van der Waals surface area contributed by atoms with Crippen molar-refractivity contribution in [1.29, 1.82) is 0 Å². The summed E-state index contributed by atoms with van der Waals surface area (Å²) in [4.78, 5) is 27.4. The van der Waals surface area contributed by atoms with Crippen LogP contribution in [0.5, 0.6) is 0 Å². The first kappa shape index (κ1) is 14.6. The molecule has 0 spiro atoms. The van der Waals surface area contributed by atoms with Crippen molar-refractivity contribution >= 4 is 33.1 Å². The average Bonchev–Trinajstić information content (AvgIpc) is 2.96. The molecule has 2 N–H and O–H groups in total. The molecule has 3 heterocycles. The highest BCUT2D eigenvalue weighted by molar-refractivity contribution is 6.05. The predicted molar refractivity (Wildman–Crippen MR) is 97.2 cm³/mol. The molecule has 128 valence electrons. The maximum absolute atomic E-state index is 12.5. The maximum Gasteiger partial charge on any atom is 0.273 e. The molecule has 1 saturated carbocycles. The fourth-order valence-electron chi connectivity index (χ4n) is 4.09. The van der Waals surface area contributed by atoms with Crippen molar-refractivity contribution in [3.63, 3.8) is 0 Å². The third-order valence-electron chi connectivity index (χ3n) is 5.36. The van der Waals surface area contributed by atoms with E-state index in [1.165, 1.54) is 37.8 Å². The number of aromatic nitrogens is 3. The smallest absolute Gasteiger partial charge is 0.273 e. The van der Waals surface area contributed by atoms with Gasteiger partial charge < -0.3 is 9.40 Å². The van der Waals surface area contributed by atoms with Gasteiger partial charge in [-0.2, -0.15) is 0 Å². The van der Waals surface area contributed by atoms with Gasteiger partial charge in [0, 0.05) is 11.5 Å². The Balaban J connectivity index is 1.79. The summed E-state index contributed by atoms with van der Waals surface area (Å²) in [5, 5.41) is 4.46. The molecule has 4 aromatic rings. The first-order chi connectivity index (χ1) is 12.2. The van der Waals surface area contributed by atoms with E-state index >= 15 is 0 Å². The van der Waals surface area contributed by atoms with Crippen molar-refractivity contribution < 1.29 is 4.42 Å². The zero-order valence-corrected chi connectivity index (χ0v) is 13.8. The molecule has 0 radical (unpaired) electrons. The van der Waals surface area contributed by atoms with Crippen molar-refractivity contribution in [2.45, 2.75) is 44.6 Å². The molecule has 0 aliphatic heterocycles. The Morgan fingerprint density at radius 2 is 1.76 bits per heavy atom. The summed E-state index contributed by atoms with van der Waals surface area (Å²) in [5.41, 5.74) is 2.57. The van der Waals surface area contributed by atoms with Gasteiger partial charge in [-0.3, -0.25) is 19.4 Å². The van der Waals surface area contributed by atoms with E-state index in [2.05, 4.69) is 10.1 Å². The van der Waals surface area contributed by atoms with Crippen LogP contribution in [0.1, 0.15) is 44.6 Å². The van der Waals surface area contributed by atoms with Crippen LogP contribution < -0.4 is 11.0 Å². The van der Waals surface area contributed by atoms with Crippen molar-refractivity contribution in [3.8, 4) is 0 Å². The van der Waals surface area contributed by atoms with Gasteiger partial charge in [-0.05, 0) is 31.0 Å². The molecule has 3 aromatic heterocycles. The number of pyridine rings is 1. The predicted octanol–water partition coefficient (Wildman–Crippen LogP) is 3.81. The molecule has 6 heteroatoms. The van der Waals surface area contributed by atoms with Crippen molar-refractivity contribution in [2.24, 2.45) is 0 Å². The maximum atomic E-state index is 12.5. The van der Waals surface area contributed by atoms with Crippen LogP contribution in [0.4, 0.5) is 0 Å². The largest absolute Gasteiger partial charge is 0.454 e. The quantitative estimate of drug-likeness (QED) is 0.518. The molecule has 0 saturated heterocycles. The van der Waals surface area contributed by atoms with Crippen LogP contribution in [0.15, 0.2) is 38.3 Å². The normalized spacial score (nSPS) is 16.8. The molecule has 25 heavy (non-hydrogen) atoms. The molecule has 0 unspecified atom stereocenters. The zero-order chi connectivity index (χ0) is 17.0. The topological polar surface area (TPSA) is 83.8 Å². The Morgan fingerprint density at radius 3 is 2.56 bits per heavy atom. The van der Waals surface area contributed by atoms with Gasteiger partial charge in [0.2, 0.25) is 0 Å². The third-order valence-corrected chi connectivity index (χ3v) is 5.36. The first-order valence-electron chi connectivity index (χ1n) is 8.90. The van der Waals surface area contributed by atoms with Crippen molar-refractivity contribution in [1.82, 2.24) is 14.8 Å². The summed E-state index contributed by atoms with van der Waals surface area (Å²) in [6, 6.07) is 6.87. The van der Waals surface area contributed by atoms with Gasteiger partial charge in [-0.1, -0.05) is 25.7 Å². The minimum atomic E-state index is -0.109. The number of rotatable bonds is 1. The number of nitrogens with zero attached hydrogens (tertiary/aromatic N) is 1. The number of hydrogen-bond acceptors (Lipinski definition) is 3. The lowest BCUT2D eigenvalue weighted by Gasteiger charge is -2.16. The highest BCUT2D eigenvalue weighted by Gasteiger charge is 2.20. The molecule has 6 nitrogen and oxygen atoms in total. The van der Waals surface area contributed by atoms with Gasteiger partial charge in [0.15, 0.2) is 11.0 Å². The van der Waals surface area contributed by atoms with Crippen molar-refractivity contribution in [3.05, 3.63) is 44.8 Å². The van der Waals surface area contributed by atoms with Gasteiger partial charge in [0.1, 0.15) is 11.2 Å². The van der Waals surface area contributed by atoms with E-state index in [1.807, 2.05) is 4.68 Å². The number of fused-ring (bicyclic) bond motifs is 4. The van der Waals surface area contributed by atoms with Gasteiger partial charge in [-0.15, -0.1) is 0 Å².